The fourth-order valence-corrected chi connectivity index (χ4v) is 2.05. The molecule has 3 heteroatoms. The summed E-state index contributed by atoms with van der Waals surface area (Å²) >= 11 is 0. The molecule has 0 amide bonds. The number of rotatable bonds is 2. The highest BCUT2D eigenvalue weighted by Crippen LogP contribution is 2.32. The molecule has 0 fully saturated rings. The summed E-state index contributed by atoms with van der Waals surface area (Å²) in [6, 6.07) is 9.40. The van der Waals surface area contributed by atoms with Crippen molar-refractivity contribution in [2.45, 2.75) is 26.2 Å². The molecule has 3 nitrogen and oxygen atoms in total. The monoisotopic (exact) mass is 230 g/mol. The van der Waals surface area contributed by atoms with E-state index >= 15 is 0 Å². The van der Waals surface area contributed by atoms with Gasteiger partial charge in [0, 0.05) is 5.57 Å². The van der Waals surface area contributed by atoms with Gasteiger partial charge in [-0.2, -0.15) is 0 Å². The normalized spacial score (nSPS) is 20.1. The molecule has 0 aliphatic carbocycles. The lowest BCUT2D eigenvalue weighted by atomic mass is 9.88. The maximum absolute atomic E-state index is 11.8. The van der Waals surface area contributed by atoms with Gasteiger partial charge in [0.1, 0.15) is 5.76 Å². The van der Waals surface area contributed by atoms with Gasteiger partial charge in [0.05, 0.1) is 5.92 Å². The maximum Gasteiger partial charge on any atom is 0.318 e. The van der Waals surface area contributed by atoms with Crippen molar-refractivity contribution in [3.8, 4) is 0 Å². The third-order valence-corrected chi connectivity index (χ3v) is 3.00. The molecule has 0 bridgehead atoms. The highest BCUT2D eigenvalue weighted by molar-refractivity contribution is 5.96. The summed E-state index contributed by atoms with van der Waals surface area (Å²) in [5.74, 6) is -0.233. The quantitative estimate of drug-likeness (QED) is 0.733. The van der Waals surface area contributed by atoms with Gasteiger partial charge in [-0.25, -0.2) is 0 Å². The molecule has 2 rings (SSSR count). The van der Waals surface area contributed by atoms with Crippen molar-refractivity contribution in [1.29, 1.82) is 0 Å². The molecule has 1 aliphatic rings. The zero-order valence-corrected chi connectivity index (χ0v) is 9.90. The third-order valence-electron chi connectivity index (χ3n) is 3.00. The number of carbonyl (C=O) groups excluding carboxylic acids is 2. The largest absolute Gasteiger partial charge is 0.430 e. The minimum atomic E-state index is -0.362. The summed E-state index contributed by atoms with van der Waals surface area (Å²) in [6.45, 7) is 3.16. The van der Waals surface area contributed by atoms with Crippen LogP contribution >= 0.6 is 0 Å². The van der Waals surface area contributed by atoms with Crippen LogP contribution in [0.25, 0.3) is 0 Å². The van der Waals surface area contributed by atoms with Crippen molar-refractivity contribution < 1.29 is 14.3 Å². The Morgan fingerprint density at radius 3 is 2.53 bits per heavy atom. The van der Waals surface area contributed by atoms with E-state index in [1.165, 1.54) is 6.92 Å². The van der Waals surface area contributed by atoms with E-state index in [-0.39, 0.29) is 17.7 Å². The molecule has 17 heavy (non-hydrogen) atoms. The number of carbonyl (C=O) groups is 2. The van der Waals surface area contributed by atoms with Crippen LogP contribution in [0.4, 0.5) is 0 Å². The molecule has 0 saturated carbocycles. The van der Waals surface area contributed by atoms with Gasteiger partial charge in [-0.15, -0.1) is 0 Å². The van der Waals surface area contributed by atoms with Crippen molar-refractivity contribution in [3.63, 3.8) is 0 Å². The van der Waals surface area contributed by atoms with E-state index in [2.05, 4.69) is 0 Å². The van der Waals surface area contributed by atoms with Gasteiger partial charge >= 0.3 is 5.97 Å². The van der Waals surface area contributed by atoms with Crippen molar-refractivity contribution in [3.05, 3.63) is 47.2 Å². The summed E-state index contributed by atoms with van der Waals surface area (Å²) in [7, 11) is 0. The number of Topliss-reactive ketones (excluding diaryl/α,β-unsaturated/α-hetero) is 1. The number of allylic oxidation sites excluding steroid dienone is 2. The first kappa shape index (κ1) is 11.6. The molecule has 0 saturated heterocycles. The van der Waals surface area contributed by atoms with Crippen LogP contribution in [-0.4, -0.2) is 11.8 Å². The number of benzene rings is 1. The Morgan fingerprint density at radius 1 is 1.29 bits per heavy atom. The zero-order valence-electron chi connectivity index (χ0n) is 9.90. The number of ether oxygens (including phenoxy) is 1. The molecule has 0 spiro atoms. The fraction of sp³-hybridized carbons (Fsp3) is 0.286. The van der Waals surface area contributed by atoms with Crippen molar-refractivity contribution in [2.24, 2.45) is 0 Å². The summed E-state index contributed by atoms with van der Waals surface area (Å²) in [4.78, 5) is 23.2. The fourth-order valence-electron chi connectivity index (χ4n) is 2.05. The maximum atomic E-state index is 11.8. The highest BCUT2D eigenvalue weighted by Gasteiger charge is 2.31. The van der Waals surface area contributed by atoms with Crippen LogP contribution in [0, 0.1) is 0 Å². The SMILES string of the molecule is CC(=O)C1=C(C)OC(=O)C(c2ccccc2)C1. The van der Waals surface area contributed by atoms with Gasteiger partial charge in [0.15, 0.2) is 5.78 Å². The van der Waals surface area contributed by atoms with Gasteiger partial charge in [-0.3, -0.25) is 9.59 Å². The molecular weight excluding hydrogens is 216 g/mol. The van der Waals surface area contributed by atoms with E-state index in [1.807, 2.05) is 30.3 Å². The first-order valence-electron chi connectivity index (χ1n) is 5.57. The second-order valence-corrected chi connectivity index (χ2v) is 4.18. The van der Waals surface area contributed by atoms with E-state index in [1.54, 1.807) is 6.92 Å². The van der Waals surface area contributed by atoms with Crippen molar-refractivity contribution in [2.75, 3.05) is 0 Å². The average molecular weight is 230 g/mol. The standard InChI is InChI=1S/C14H14O3/c1-9(15)12-8-13(14(16)17-10(12)2)11-6-4-3-5-7-11/h3-7,13H,8H2,1-2H3. The molecule has 1 heterocycles. The molecule has 88 valence electrons. The van der Waals surface area contributed by atoms with Crippen molar-refractivity contribution in [1.82, 2.24) is 0 Å². The summed E-state index contributed by atoms with van der Waals surface area (Å²) in [5, 5.41) is 0. The molecule has 0 aromatic heterocycles. The van der Waals surface area contributed by atoms with Gasteiger partial charge < -0.3 is 4.74 Å². The minimum absolute atomic E-state index is 0.0315. The second-order valence-electron chi connectivity index (χ2n) is 4.18. The first-order valence-corrected chi connectivity index (χ1v) is 5.57. The topological polar surface area (TPSA) is 43.4 Å². The first-order chi connectivity index (χ1) is 8.09. The number of cyclic esters (lactones) is 1. The van der Waals surface area contributed by atoms with Gasteiger partial charge in [0.25, 0.3) is 0 Å². The highest BCUT2D eigenvalue weighted by atomic mass is 16.5. The molecule has 1 aliphatic heterocycles. The Hall–Kier alpha value is -1.90. The Kier molecular flexibility index (Phi) is 3.09. The van der Waals surface area contributed by atoms with Crippen LogP contribution < -0.4 is 0 Å². The number of ketones is 1. The predicted octanol–water partition coefficient (Wildman–Crippen LogP) is 2.58. The lowest BCUT2D eigenvalue weighted by Gasteiger charge is -2.23. The molecule has 1 aromatic rings. The summed E-state index contributed by atoms with van der Waals surface area (Å²) < 4.78 is 5.15. The lowest BCUT2D eigenvalue weighted by molar-refractivity contribution is -0.142. The van der Waals surface area contributed by atoms with Crippen LogP contribution in [0.15, 0.2) is 41.7 Å². The van der Waals surface area contributed by atoms with Crippen molar-refractivity contribution >= 4 is 11.8 Å². The zero-order chi connectivity index (χ0) is 12.4. The van der Waals surface area contributed by atoms with Gasteiger partial charge in [0.2, 0.25) is 0 Å². The van der Waals surface area contributed by atoms with E-state index in [9.17, 15) is 9.59 Å². The number of hydrogen-bond acceptors (Lipinski definition) is 3. The van der Waals surface area contributed by atoms with E-state index in [0.29, 0.717) is 17.8 Å². The van der Waals surface area contributed by atoms with Gasteiger partial charge in [-0.1, -0.05) is 30.3 Å². The Bertz CT molecular complexity index is 485. The number of esters is 1. The third kappa shape index (κ3) is 2.28. The predicted molar refractivity (Wildman–Crippen MR) is 63.3 cm³/mol. The van der Waals surface area contributed by atoms with Crippen LogP contribution in [0.3, 0.4) is 0 Å². The number of hydrogen-bond donors (Lipinski definition) is 0. The van der Waals surface area contributed by atoms with Crippen LogP contribution in [0.5, 0.6) is 0 Å². The van der Waals surface area contributed by atoms with Crippen LogP contribution in [0.1, 0.15) is 31.7 Å². The molecule has 1 unspecified atom stereocenters. The molecular formula is C14H14O3. The Labute approximate surface area is 100 Å². The molecule has 1 aromatic carbocycles. The molecule has 0 N–H and O–H groups in total. The minimum Gasteiger partial charge on any atom is -0.430 e. The Morgan fingerprint density at radius 2 is 1.94 bits per heavy atom. The molecule has 1 atom stereocenters. The average Bonchev–Trinajstić information content (AvgIpc) is 2.29. The van der Waals surface area contributed by atoms with Gasteiger partial charge in [-0.05, 0) is 25.8 Å². The van der Waals surface area contributed by atoms with E-state index in [4.69, 9.17) is 4.74 Å². The van der Waals surface area contributed by atoms with E-state index in [0.717, 1.165) is 5.56 Å². The smallest absolute Gasteiger partial charge is 0.318 e. The summed E-state index contributed by atoms with van der Waals surface area (Å²) in [5.41, 5.74) is 1.50. The molecule has 0 radical (unpaired) electrons. The second kappa shape index (κ2) is 4.53. The lowest BCUT2D eigenvalue weighted by Crippen LogP contribution is -2.23. The Balaban J connectivity index is 2.34. The summed E-state index contributed by atoms with van der Waals surface area (Å²) in [6.07, 6.45) is 0.435. The van der Waals surface area contributed by atoms with Crippen LogP contribution in [-0.2, 0) is 14.3 Å². The van der Waals surface area contributed by atoms with E-state index < -0.39 is 0 Å². The van der Waals surface area contributed by atoms with Crippen LogP contribution in [0.2, 0.25) is 0 Å².